The van der Waals surface area contributed by atoms with Gasteiger partial charge >= 0.3 is 0 Å². The van der Waals surface area contributed by atoms with Crippen molar-refractivity contribution in [1.82, 2.24) is 10.2 Å². The number of nitrogens with one attached hydrogen (secondary N) is 1. The Morgan fingerprint density at radius 2 is 1.40 bits per heavy atom. The number of nitrogens with two attached hydrogens (primary N) is 5. The molecule has 0 saturated carbocycles. The van der Waals surface area contributed by atoms with Gasteiger partial charge in [-0.15, -0.1) is 0 Å². The fraction of sp³-hybridized carbons (Fsp3) is 0.484. The largest absolute Gasteiger partial charge is 0.370 e. The van der Waals surface area contributed by atoms with Crippen LogP contribution in [0.5, 0.6) is 0 Å². The first-order valence-electron chi connectivity index (χ1n) is 14.8. The van der Waals surface area contributed by atoms with E-state index in [1.807, 2.05) is 54.6 Å². The minimum absolute atomic E-state index is 0.0107. The normalized spacial score (nSPS) is 12.3. The lowest BCUT2D eigenvalue weighted by atomic mass is 10.0. The summed E-state index contributed by atoms with van der Waals surface area (Å²) < 4.78 is 0. The van der Waals surface area contributed by atoms with E-state index in [4.69, 9.17) is 28.7 Å². The zero-order chi connectivity index (χ0) is 30.7. The number of carbonyl (C=O) groups excluding carboxylic acids is 3. The van der Waals surface area contributed by atoms with E-state index in [1.165, 1.54) is 4.90 Å². The van der Waals surface area contributed by atoms with Crippen LogP contribution in [0.25, 0.3) is 11.1 Å². The second kappa shape index (κ2) is 19.3. The van der Waals surface area contributed by atoms with E-state index in [-0.39, 0.29) is 24.8 Å². The molecule has 230 valence electrons. The van der Waals surface area contributed by atoms with Gasteiger partial charge in [-0.25, -0.2) is 0 Å². The van der Waals surface area contributed by atoms with Crippen molar-refractivity contribution in [3.05, 3.63) is 60.2 Å². The summed E-state index contributed by atoms with van der Waals surface area (Å²) in [5.74, 6) is -1.24. The molecule has 0 heterocycles. The van der Waals surface area contributed by atoms with Crippen molar-refractivity contribution in [2.45, 2.75) is 69.9 Å². The molecule has 3 amide bonds. The number of hydrogen-bond acceptors (Lipinski definition) is 7. The number of rotatable bonds is 19. The number of amides is 3. The van der Waals surface area contributed by atoms with Gasteiger partial charge < -0.3 is 34.0 Å². The third kappa shape index (κ3) is 12.4. The monoisotopic (exact) mass is 580 g/mol. The maximum Gasteiger partial charge on any atom is 0.251 e. The lowest BCUT2D eigenvalue weighted by molar-refractivity contribution is -0.147. The molecule has 11 nitrogen and oxygen atoms in total. The molecule has 42 heavy (non-hydrogen) atoms. The van der Waals surface area contributed by atoms with Gasteiger partial charge in [0.05, 0.1) is 12.5 Å². The summed E-state index contributed by atoms with van der Waals surface area (Å²) in [6.45, 7) is 1.53. The standard InChI is InChI=1S/C31H48N8O3/c32-18-6-4-12-26(34)29(41)38-27(13-5-7-19-33)30(42)39(21-9-8-20-37-31(35)36)28(40)22-23-14-16-25(17-15-23)24-10-2-1-3-11-24/h1-3,10-11,14-17,26-27H,4-9,12-13,18-22,32-34H2,(H,38,41)(H4,35,36,37)/t26-,27+/m1/s1. The van der Waals surface area contributed by atoms with Gasteiger partial charge in [-0.3, -0.25) is 24.3 Å². The van der Waals surface area contributed by atoms with Crippen LogP contribution in [0.4, 0.5) is 0 Å². The van der Waals surface area contributed by atoms with E-state index in [0.717, 1.165) is 23.1 Å². The average molecular weight is 581 g/mol. The summed E-state index contributed by atoms with van der Waals surface area (Å²) >= 11 is 0. The van der Waals surface area contributed by atoms with E-state index in [1.54, 1.807) is 0 Å². The van der Waals surface area contributed by atoms with Crippen LogP contribution in [0.3, 0.4) is 0 Å². The summed E-state index contributed by atoms with van der Waals surface area (Å²) in [7, 11) is 0. The van der Waals surface area contributed by atoms with Gasteiger partial charge in [-0.05, 0) is 74.7 Å². The summed E-state index contributed by atoms with van der Waals surface area (Å²) in [5, 5.41) is 2.81. The van der Waals surface area contributed by atoms with Crippen molar-refractivity contribution >= 4 is 23.7 Å². The van der Waals surface area contributed by atoms with Crippen LogP contribution >= 0.6 is 0 Å². The SMILES string of the molecule is NCCCC[C@@H](N)C(=O)N[C@@H](CCCCN)C(=O)N(CCCCN=C(N)N)C(=O)Cc1ccc(-c2ccccc2)cc1. The molecule has 2 aromatic carbocycles. The van der Waals surface area contributed by atoms with Gasteiger partial charge in [-0.1, -0.05) is 61.0 Å². The van der Waals surface area contributed by atoms with E-state index in [9.17, 15) is 14.4 Å². The highest BCUT2D eigenvalue weighted by atomic mass is 16.2. The molecule has 0 bridgehead atoms. The molecule has 0 saturated heterocycles. The Balaban J connectivity index is 2.20. The molecule has 0 aliphatic rings. The van der Waals surface area contributed by atoms with Crippen LogP contribution in [-0.2, 0) is 20.8 Å². The molecule has 2 atom stereocenters. The summed E-state index contributed by atoms with van der Waals surface area (Å²) in [5.41, 5.74) is 31.0. The number of hydrogen-bond donors (Lipinski definition) is 6. The molecular formula is C31H48N8O3. The molecule has 2 aromatic rings. The summed E-state index contributed by atoms with van der Waals surface area (Å²) in [4.78, 5) is 45.5. The Morgan fingerprint density at radius 1 is 0.786 bits per heavy atom. The van der Waals surface area contributed by atoms with Crippen LogP contribution in [0.1, 0.15) is 56.9 Å². The van der Waals surface area contributed by atoms with Crippen LogP contribution < -0.4 is 34.0 Å². The van der Waals surface area contributed by atoms with Gasteiger partial charge in [-0.2, -0.15) is 0 Å². The number of guanidine groups is 1. The first-order valence-corrected chi connectivity index (χ1v) is 14.8. The Bertz CT molecular complexity index is 1120. The third-order valence-corrected chi connectivity index (χ3v) is 6.94. The van der Waals surface area contributed by atoms with Crippen molar-refractivity contribution in [2.75, 3.05) is 26.2 Å². The van der Waals surface area contributed by atoms with Crippen LogP contribution in [0, 0.1) is 0 Å². The molecule has 0 aromatic heterocycles. The fourth-order valence-electron chi connectivity index (χ4n) is 4.52. The molecule has 0 unspecified atom stereocenters. The minimum Gasteiger partial charge on any atom is -0.370 e. The number of imide groups is 1. The number of benzene rings is 2. The van der Waals surface area contributed by atoms with E-state index >= 15 is 0 Å². The van der Waals surface area contributed by atoms with Crippen LogP contribution in [0.2, 0.25) is 0 Å². The lowest BCUT2D eigenvalue weighted by Crippen LogP contribution is -2.54. The Hall–Kier alpha value is -3.80. The molecule has 0 spiro atoms. The predicted octanol–water partition coefficient (Wildman–Crippen LogP) is 1.38. The van der Waals surface area contributed by atoms with E-state index in [0.29, 0.717) is 64.6 Å². The zero-order valence-electron chi connectivity index (χ0n) is 24.5. The van der Waals surface area contributed by atoms with Crippen LogP contribution in [-0.4, -0.2) is 66.8 Å². The Morgan fingerprint density at radius 3 is 2.02 bits per heavy atom. The summed E-state index contributed by atoms with van der Waals surface area (Å²) in [6.07, 6.45) is 4.69. The maximum absolute atomic E-state index is 13.8. The van der Waals surface area contributed by atoms with Gasteiger partial charge in [0.1, 0.15) is 6.04 Å². The van der Waals surface area contributed by atoms with Crippen molar-refractivity contribution in [1.29, 1.82) is 0 Å². The first-order chi connectivity index (χ1) is 20.3. The fourth-order valence-corrected chi connectivity index (χ4v) is 4.52. The van der Waals surface area contributed by atoms with Crippen molar-refractivity contribution in [3.8, 4) is 11.1 Å². The number of aliphatic imine (C=N–C) groups is 1. The topological polar surface area (TPSA) is 209 Å². The molecule has 0 fully saturated rings. The number of unbranched alkanes of at least 4 members (excludes halogenated alkanes) is 3. The second-order valence-corrected chi connectivity index (χ2v) is 10.4. The Kier molecular flexibility index (Phi) is 15.8. The highest BCUT2D eigenvalue weighted by Crippen LogP contribution is 2.20. The quantitative estimate of drug-likeness (QED) is 0.0810. The average Bonchev–Trinajstić information content (AvgIpc) is 2.98. The maximum atomic E-state index is 13.8. The van der Waals surface area contributed by atoms with E-state index in [2.05, 4.69) is 10.3 Å². The Labute approximate surface area is 249 Å². The highest BCUT2D eigenvalue weighted by molar-refractivity contribution is 6.00. The molecule has 2 rings (SSSR count). The molecule has 0 aliphatic carbocycles. The van der Waals surface area contributed by atoms with Gasteiger partial charge in [0, 0.05) is 13.1 Å². The third-order valence-electron chi connectivity index (χ3n) is 6.94. The molecule has 0 aliphatic heterocycles. The van der Waals surface area contributed by atoms with Crippen molar-refractivity contribution in [3.63, 3.8) is 0 Å². The minimum atomic E-state index is -0.897. The highest BCUT2D eigenvalue weighted by Gasteiger charge is 2.30. The number of nitrogens with zero attached hydrogens (tertiary/aromatic N) is 2. The van der Waals surface area contributed by atoms with Crippen LogP contribution in [0.15, 0.2) is 59.6 Å². The van der Waals surface area contributed by atoms with Crippen molar-refractivity contribution in [2.24, 2.45) is 33.7 Å². The first kappa shape index (κ1) is 34.4. The van der Waals surface area contributed by atoms with Gasteiger partial charge in [0.15, 0.2) is 5.96 Å². The zero-order valence-corrected chi connectivity index (χ0v) is 24.5. The van der Waals surface area contributed by atoms with Crippen molar-refractivity contribution < 1.29 is 14.4 Å². The molecule has 11 heteroatoms. The predicted molar refractivity (Wildman–Crippen MR) is 168 cm³/mol. The molecular weight excluding hydrogens is 532 g/mol. The summed E-state index contributed by atoms with van der Waals surface area (Å²) in [6, 6.07) is 16.0. The smallest absolute Gasteiger partial charge is 0.251 e. The number of carbonyl (C=O) groups is 3. The van der Waals surface area contributed by atoms with Gasteiger partial charge in [0.2, 0.25) is 11.8 Å². The van der Waals surface area contributed by atoms with Gasteiger partial charge in [0.25, 0.3) is 5.91 Å². The molecule has 11 N–H and O–H groups in total. The molecule has 0 radical (unpaired) electrons. The van der Waals surface area contributed by atoms with E-state index < -0.39 is 23.9 Å². The lowest BCUT2D eigenvalue weighted by Gasteiger charge is -2.27. The second-order valence-electron chi connectivity index (χ2n) is 10.4.